The van der Waals surface area contributed by atoms with Gasteiger partial charge in [-0.1, -0.05) is 49.2 Å². The molecule has 0 heterocycles. The number of benzene rings is 2. The summed E-state index contributed by atoms with van der Waals surface area (Å²) in [6.45, 7) is 3.52. The van der Waals surface area contributed by atoms with Crippen molar-refractivity contribution in [1.82, 2.24) is 5.32 Å². The Hall–Kier alpha value is -2.31. The molecule has 0 saturated heterocycles. The number of anilines is 2. The first-order valence-corrected chi connectivity index (χ1v) is 8.57. The maximum atomic E-state index is 13.8. The van der Waals surface area contributed by atoms with Crippen molar-refractivity contribution in [2.75, 3.05) is 11.1 Å². The highest BCUT2D eigenvalue weighted by Crippen LogP contribution is 2.31. The van der Waals surface area contributed by atoms with E-state index >= 15 is 0 Å². The quantitative estimate of drug-likeness (QED) is 0.663. The van der Waals surface area contributed by atoms with E-state index in [1.165, 1.54) is 30.3 Å². The van der Waals surface area contributed by atoms with Crippen molar-refractivity contribution in [3.63, 3.8) is 0 Å². The van der Waals surface area contributed by atoms with Gasteiger partial charge in [0.15, 0.2) is 0 Å². The van der Waals surface area contributed by atoms with Crippen LogP contribution in [0.4, 0.5) is 15.8 Å². The first kappa shape index (κ1) is 20.0. The zero-order valence-electron chi connectivity index (χ0n) is 14.1. The summed E-state index contributed by atoms with van der Waals surface area (Å²) in [5.41, 5.74) is 6.08. The molecule has 4 N–H and O–H groups in total. The Morgan fingerprint density at radius 2 is 1.69 bits per heavy atom. The summed E-state index contributed by atoms with van der Waals surface area (Å²) >= 11 is 11.9. The van der Waals surface area contributed by atoms with Gasteiger partial charge in [-0.15, -0.1) is 0 Å². The van der Waals surface area contributed by atoms with E-state index in [1.807, 2.05) is 0 Å². The number of hydrogen-bond acceptors (Lipinski definition) is 3. The van der Waals surface area contributed by atoms with E-state index in [4.69, 9.17) is 28.9 Å². The lowest BCUT2D eigenvalue weighted by atomic mass is 10.0. The Balaban J connectivity index is 2.18. The van der Waals surface area contributed by atoms with Gasteiger partial charge in [0.25, 0.3) is 5.91 Å². The highest BCUT2D eigenvalue weighted by atomic mass is 35.5. The number of nitrogens with one attached hydrogen (secondary N) is 2. The van der Waals surface area contributed by atoms with Crippen molar-refractivity contribution in [1.29, 1.82) is 0 Å². The van der Waals surface area contributed by atoms with Crippen molar-refractivity contribution in [3.8, 4) is 0 Å². The summed E-state index contributed by atoms with van der Waals surface area (Å²) in [6.07, 6.45) is 0. The Bertz CT molecular complexity index is 820. The average molecular weight is 398 g/mol. The maximum absolute atomic E-state index is 13.8. The molecule has 0 aliphatic heterocycles. The van der Waals surface area contributed by atoms with Crippen LogP contribution >= 0.6 is 23.2 Å². The molecule has 5 nitrogen and oxygen atoms in total. The van der Waals surface area contributed by atoms with E-state index in [0.717, 1.165) is 0 Å². The predicted molar refractivity (Wildman–Crippen MR) is 102 cm³/mol. The fraction of sp³-hybridized carbons (Fsp3) is 0.222. The lowest BCUT2D eigenvalue weighted by molar-refractivity contribution is -0.118. The Kier molecular flexibility index (Phi) is 6.45. The molecule has 138 valence electrons. The van der Waals surface area contributed by atoms with Crippen molar-refractivity contribution in [2.24, 2.45) is 5.92 Å². The molecular weight excluding hydrogens is 380 g/mol. The van der Waals surface area contributed by atoms with Crippen LogP contribution in [0.25, 0.3) is 0 Å². The molecule has 0 radical (unpaired) electrons. The highest BCUT2D eigenvalue weighted by Gasteiger charge is 2.26. The van der Waals surface area contributed by atoms with Crippen LogP contribution in [0.3, 0.4) is 0 Å². The van der Waals surface area contributed by atoms with Crippen LogP contribution in [0.1, 0.15) is 24.2 Å². The van der Waals surface area contributed by atoms with E-state index in [-0.39, 0.29) is 27.2 Å². The van der Waals surface area contributed by atoms with E-state index in [2.05, 4.69) is 10.6 Å². The molecule has 2 aromatic carbocycles. The zero-order chi connectivity index (χ0) is 19.4. The van der Waals surface area contributed by atoms with Gasteiger partial charge in [-0.2, -0.15) is 0 Å². The molecule has 0 fully saturated rings. The van der Waals surface area contributed by atoms with Gasteiger partial charge in [-0.25, -0.2) is 4.39 Å². The first-order chi connectivity index (χ1) is 12.2. The highest BCUT2D eigenvalue weighted by molar-refractivity contribution is 6.39. The van der Waals surface area contributed by atoms with Crippen LogP contribution in [0, 0.1) is 11.7 Å². The van der Waals surface area contributed by atoms with Crippen LogP contribution in [0.2, 0.25) is 10.0 Å². The van der Waals surface area contributed by atoms with Gasteiger partial charge < -0.3 is 16.4 Å². The van der Waals surface area contributed by atoms with Crippen LogP contribution in [0.15, 0.2) is 36.4 Å². The Labute approximate surface area is 160 Å². The van der Waals surface area contributed by atoms with E-state index in [1.54, 1.807) is 19.9 Å². The second kappa shape index (κ2) is 8.38. The molecule has 0 saturated carbocycles. The van der Waals surface area contributed by atoms with Crippen LogP contribution in [-0.2, 0) is 4.79 Å². The van der Waals surface area contributed by atoms with Crippen LogP contribution in [-0.4, -0.2) is 17.9 Å². The van der Waals surface area contributed by atoms with Gasteiger partial charge in [0.05, 0.1) is 21.3 Å². The smallest absolute Gasteiger partial charge is 0.254 e. The summed E-state index contributed by atoms with van der Waals surface area (Å²) in [4.78, 5) is 24.9. The summed E-state index contributed by atoms with van der Waals surface area (Å²) in [5.74, 6) is -2.07. The fourth-order valence-electron chi connectivity index (χ4n) is 2.28. The molecule has 26 heavy (non-hydrogen) atoms. The number of hydrogen-bond donors (Lipinski definition) is 3. The van der Waals surface area contributed by atoms with Gasteiger partial charge in [0, 0.05) is 5.69 Å². The maximum Gasteiger partial charge on any atom is 0.254 e. The first-order valence-electron chi connectivity index (χ1n) is 7.81. The van der Waals surface area contributed by atoms with Crippen molar-refractivity contribution in [3.05, 3.63) is 57.8 Å². The lowest BCUT2D eigenvalue weighted by Crippen LogP contribution is -2.47. The number of rotatable bonds is 5. The second-order valence-electron chi connectivity index (χ2n) is 6.02. The van der Waals surface area contributed by atoms with E-state index in [0.29, 0.717) is 5.69 Å². The molecule has 0 bridgehead atoms. The third kappa shape index (κ3) is 4.65. The number of halogens is 3. The molecule has 0 aliphatic rings. The minimum absolute atomic E-state index is 0.135. The molecule has 1 atom stereocenters. The van der Waals surface area contributed by atoms with Gasteiger partial charge >= 0.3 is 0 Å². The van der Waals surface area contributed by atoms with Gasteiger partial charge in [0.1, 0.15) is 11.9 Å². The largest absolute Gasteiger partial charge is 0.396 e. The summed E-state index contributed by atoms with van der Waals surface area (Å²) < 4.78 is 13.8. The minimum atomic E-state index is -0.891. The molecule has 2 rings (SSSR count). The van der Waals surface area contributed by atoms with Crippen molar-refractivity contribution < 1.29 is 14.0 Å². The zero-order valence-corrected chi connectivity index (χ0v) is 15.7. The lowest BCUT2D eigenvalue weighted by Gasteiger charge is -2.22. The SMILES string of the molecule is CC(C)[C@H](NC(=O)c1ccccc1F)C(=O)Nc1cc(Cl)c(N)c(Cl)c1. The Morgan fingerprint density at radius 3 is 2.23 bits per heavy atom. The normalized spacial score (nSPS) is 11.9. The number of nitrogens with two attached hydrogens (primary N) is 1. The van der Waals surface area contributed by atoms with E-state index < -0.39 is 23.7 Å². The summed E-state index contributed by atoms with van der Waals surface area (Å²) in [7, 11) is 0. The molecule has 2 aromatic rings. The number of carbonyl (C=O) groups is 2. The van der Waals surface area contributed by atoms with Gasteiger partial charge in [-0.3, -0.25) is 9.59 Å². The average Bonchev–Trinajstić information content (AvgIpc) is 2.57. The molecular formula is C18H18Cl2FN3O2. The third-order valence-electron chi connectivity index (χ3n) is 3.70. The molecule has 2 amide bonds. The molecule has 0 aliphatic carbocycles. The molecule has 0 spiro atoms. The van der Waals surface area contributed by atoms with Gasteiger partial charge in [0.2, 0.25) is 5.91 Å². The summed E-state index contributed by atoms with van der Waals surface area (Å²) in [6, 6.07) is 7.57. The summed E-state index contributed by atoms with van der Waals surface area (Å²) in [5, 5.41) is 5.58. The van der Waals surface area contributed by atoms with Crippen molar-refractivity contribution in [2.45, 2.75) is 19.9 Å². The topological polar surface area (TPSA) is 84.2 Å². The molecule has 0 aromatic heterocycles. The van der Waals surface area contributed by atoms with Crippen molar-refractivity contribution >= 4 is 46.4 Å². The molecule has 0 unspecified atom stereocenters. The second-order valence-corrected chi connectivity index (χ2v) is 6.83. The van der Waals surface area contributed by atoms with E-state index in [9.17, 15) is 14.0 Å². The fourth-order valence-corrected chi connectivity index (χ4v) is 2.76. The predicted octanol–water partition coefficient (Wildman–Crippen LogP) is 4.11. The number of amides is 2. The molecule has 8 heteroatoms. The van der Waals surface area contributed by atoms with Gasteiger partial charge in [-0.05, 0) is 30.2 Å². The third-order valence-corrected chi connectivity index (χ3v) is 4.33. The number of nitrogen functional groups attached to an aromatic ring is 1. The van der Waals surface area contributed by atoms with Crippen LogP contribution < -0.4 is 16.4 Å². The monoisotopic (exact) mass is 397 g/mol. The number of carbonyl (C=O) groups excluding carboxylic acids is 2. The minimum Gasteiger partial charge on any atom is -0.396 e. The Morgan fingerprint density at radius 1 is 1.12 bits per heavy atom. The standard InChI is InChI=1S/C18H18Cl2FN3O2/c1-9(2)16(24-17(25)11-5-3-4-6-14(11)21)18(26)23-10-7-12(19)15(22)13(20)8-10/h3-9,16H,22H2,1-2H3,(H,23,26)(H,24,25)/t16-/m0/s1. The van der Waals surface area contributed by atoms with Crippen LogP contribution in [0.5, 0.6) is 0 Å².